The number of nitrogens with one attached hydrogen (secondary N) is 1. The molecular formula is C13H22N2O4. The topological polar surface area (TPSA) is 67.9 Å². The molecule has 0 spiro atoms. The summed E-state index contributed by atoms with van der Waals surface area (Å²) >= 11 is 0. The third-order valence-corrected chi connectivity index (χ3v) is 4.04. The van der Waals surface area contributed by atoms with Crippen LogP contribution in [0.5, 0.6) is 0 Å². The highest BCUT2D eigenvalue weighted by molar-refractivity contribution is 5.96. The molecule has 0 aromatic heterocycles. The van der Waals surface area contributed by atoms with Crippen molar-refractivity contribution >= 4 is 11.8 Å². The first-order chi connectivity index (χ1) is 9.03. The standard InChI is InChI=1S/C13H22N2O4/c1-4-10-11(16)14-9(2)12(17)15(10)7-13(18-3)5-6-19-8-13/h9-10H,4-8H2,1-3H3,(H,14,16). The van der Waals surface area contributed by atoms with Crippen molar-refractivity contribution in [2.24, 2.45) is 0 Å². The summed E-state index contributed by atoms with van der Waals surface area (Å²) in [5.74, 6) is -0.130. The summed E-state index contributed by atoms with van der Waals surface area (Å²) in [7, 11) is 1.63. The van der Waals surface area contributed by atoms with Crippen LogP contribution in [0.4, 0.5) is 0 Å². The van der Waals surface area contributed by atoms with Gasteiger partial charge in [-0.25, -0.2) is 0 Å². The van der Waals surface area contributed by atoms with E-state index in [0.717, 1.165) is 6.42 Å². The van der Waals surface area contributed by atoms with E-state index >= 15 is 0 Å². The second-order valence-corrected chi connectivity index (χ2v) is 5.31. The Morgan fingerprint density at radius 2 is 2.26 bits per heavy atom. The summed E-state index contributed by atoms with van der Waals surface area (Å²) in [6.07, 6.45) is 1.35. The largest absolute Gasteiger partial charge is 0.378 e. The number of amides is 2. The van der Waals surface area contributed by atoms with Gasteiger partial charge >= 0.3 is 0 Å². The summed E-state index contributed by atoms with van der Waals surface area (Å²) in [5, 5.41) is 2.71. The molecule has 3 unspecified atom stereocenters. The first kappa shape index (κ1) is 14.3. The maximum absolute atomic E-state index is 12.3. The van der Waals surface area contributed by atoms with Crippen LogP contribution in [0.1, 0.15) is 26.7 Å². The maximum atomic E-state index is 12.3. The third-order valence-electron chi connectivity index (χ3n) is 4.04. The smallest absolute Gasteiger partial charge is 0.245 e. The molecule has 2 aliphatic rings. The van der Waals surface area contributed by atoms with Crippen molar-refractivity contribution in [2.45, 2.75) is 44.4 Å². The predicted molar refractivity (Wildman–Crippen MR) is 68.6 cm³/mol. The minimum Gasteiger partial charge on any atom is -0.378 e. The molecule has 0 radical (unpaired) electrons. The molecule has 2 aliphatic heterocycles. The lowest BCUT2D eigenvalue weighted by Crippen LogP contribution is -2.65. The molecule has 2 heterocycles. The van der Waals surface area contributed by atoms with E-state index in [-0.39, 0.29) is 11.8 Å². The summed E-state index contributed by atoms with van der Waals surface area (Å²) in [5.41, 5.74) is -0.472. The van der Waals surface area contributed by atoms with E-state index < -0.39 is 17.7 Å². The van der Waals surface area contributed by atoms with Gasteiger partial charge in [-0.3, -0.25) is 9.59 Å². The van der Waals surface area contributed by atoms with Gasteiger partial charge in [0.2, 0.25) is 11.8 Å². The molecule has 2 amide bonds. The lowest BCUT2D eigenvalue weighted by atomic mass is 9.98. The van der Waals surface area contributed by atoms with Crippen LogP contribution in [-0.2, 0) is 19.1 Å². The summed E-state index contributed by atoms with van der Waals surface area (Å²) in [4.78, 5) is 25.9. The second kappa shape index (κ2) is 5.46. The van der Waals surface area contributed by atoms with E-state index in [0.29, 0.717) is 26.2 Å². The predicted octanol–water partition coefficient (Wildman–Crippen LogP) is -0.0826. The van der Waals surface area contributed by atoms with E-state index in [1.165, 1.54) is 0 Å². The number of rotatable bonds is 4. The fraction of sp³-hybridized carbons (Fsp3) is 0.846. The number of carbonyl (C=O) groups excluding carboxylic acids is 2. The molecule has 0 bridgehead atoms. The molecule has 2 fully saturated rings. The normalized spacial score (nSPS) is 35.6. The Balaban J connectivity index is 2.18. The Hall–Kier alpha value is -1.14. The quantitative estimate of drug-likeness (QED) is 0.775. The summed E-state index contributed by atoms with van der Waals surface area (Å²) < 4.78 is 10.9. The van der Waals surface area contributed by atoms with E-state index in [9.17, 15) is 9.59 Å². The van der Waals surface area contributed by atoms with Gasteiger partial charge in [-0.15, -0.1) is 0 Å². The molecule has 6 heteroatoms. The number of ether oxygens (including phenoxy) is 2. The van der Waals surface area contributed by atoms with Gasteiger partial charge in [-0.1, -0.05) is 6.92 Å². The zero-order chi connectivity index (χ0) is 14.0. The van der Waals surface area contributed by atoms with Crippen LogP contribution in [0.25, 0.3) is 0 Å². The third kappa shape index (κ3) is 2.60. The minimum absolute atomic E-state index is 0.0465. The fourth-order valence-electron chi connectivity index (χ4n) is 2.76. The van der Waals surface area contributed by atoms with Crippen LogP contribution < -0.4 is 5.32 Å². The van der Waals surface area contributed by atoms with Gasteiger partial charge in [0.25, 0.3) is 0 Å². The van der Waals surface area contributed by atoms with Crippen molar-refractivity contribution in [3.05, 3.63) is 0 Å². The van der Waals surface area contributed by atoms with Gasteiger partial charge in [-0.2, -0.15) is 0 Å². The summed E-state index contributed by atoms with van der Waals surface area (Å²) in [6, 6.07) is -0.872. The fourth-order valence-corrected chi connectivity index (χ4v) is 2.76. The number of hydrogen-bond acceptors (Lipinski definition) is 4. The highest BCUT2D eigenvalue weighted by Gasteiger charge is 2.44. The molecule has 3 atom stereocenters. The highest BCUT2D eigenvalue weighted by atomic mass is 16.5. The molecule has 1 N–H and O–H groups in total. The van der Waals surface area contributed by atoms with Crippen LogP contribution in [0.3, 0.4) is 0 Å². The number of hydrogen-bond donors (Lipinski definition) is 1. The lowest BCUT2D eigenvalue weighted by molar-refractivity contribution is -0.154. The molecule has 2 rings (SSSR count). The Kier molecular flexibility index (Phi) is 4.10. The van der Waals surface area contributed by atoms with Crippen molar-refractivity contribution < 1.29 is 19.1 Å². The van der Waals surface area contributed by atoms with Crippen molar-refractivity contribution in [1.82, 2.24) is 10.2 Å². The molecule has 19 heavy (non-hydrogen) atoms. The van der Waals surface area contributed by atoms with Crippen molar-refractivity contribution in [1.29, 1.82) is 0 Å². The molecule has 6 nitrogen and oxygen atoms in total. The highest BCUT2D eigenvalue weighted by Crippen LogP contribution is 2.26. The lowest BCUT2D eigenvalue weighted by Gasteiger charge is -2.41. The van der Waals surface area contributed by atoms with Crippen molar-refractivity contribution in [3.8, 4) is 0 Å². The second-order valence-electron chi connectivity index (χ2n) is 5.31. The van der Waals surface area contributed by atoms with E-state index in [1.807, 2.05) is 6.92 Å². The number of carbonyl (C=O) groups is 2. The first-order valence-corrected chi connectivity index (χ1v) is 6.77. The van der Waals surface area contributed by atoms with E-state index in [1.54, 1.807) is 18.9 Å². The molecule has 108 valence electrons. The SMILES string of the molecule is CCC1C(=O)NC(C)C(=O)N1CC1(OC)CCOC1. The van der Waals surface area contributed by atoms with Crippen LogP contribution in [0.15, 0.2) is 0 Å². The monoisotopic (exact) mass is 270 g/mol. The Bertz CT molecular complexity index is 366. The van der Waals surface area contributed by atoms with Gasteiger partial charge in [-0.05, 0) is 13.3 Å². The molecule has 0 aliphatic carbocycles. The van der Waals surface area contributed by atoms with E-state index in [4.69, 9.17) is 9.47 Å². The maximum Gasteiger partial charge on any atom is 0.245 e. The molecule has 0 aromatic carbocycles. The van der Waals surface area contributed by atoms with E-state index in [2.05, 4.69) is 5.32 Å². The number of piperazine rings is 1. The van der Waals surface area contributed by atoms with Gasteiger partial charge < -0.3 is 19.7 Å². The number of nitrogens with zero attached hydrogens (tertiary/aromatic N) is 1. The van der Waals surface area contributed by atoms with Crippen molar-refractivity contribution in [2.75, 3.05) is 26.9 Å². The average Bonchev–Trinajstić information content (AvgIpc) is 2.85. The van der Waals surface area contributed by atoms with Gasteiger partial charge in [0.05, 0.1) is 13.2 Å². The van der Waals surface area contributed by atoms with Crippen LogP contribution in [0.2, 0.25) is 0 Å². The van der Waals surface area contributed by atoms with Gasteiger partial charge in [0, 0.05) is 20.1 Å². The minimum atomic E-state index is -0.472. The molecular weight excluding hydrogens is 248 g/mol. The Morgan fingerprint density at radius 1 is 1.53 bits per heavy atom. The van der Waals surface area contributed by atoms with Crippen LogP contribution >= 0.6 is 0 Å². The summed E-state index contributed by atoms with van der Waals surface area (Å²) in [6.45, 7) is 5.14. The van der Waals surface area contributed by atoms with Gasteiger partial charge in [0.1, 0.15) is 17.7 Å². The Labute approximate surface area is 113 Å². The molecule has 2 saturated heterocycles. The zero-order valence-corrected chi connectivity index (χ0v) is 11.8. The van der Waals surface area contributed by atoms with Crippen LogP contribution in [-0.4, -0.2) is 61.3 Å². The first-order valence-electron chi connectivity index (χ1n) is 6.77. The average molecular weight is 270 g/mol. The molecule has 0 saturated carbocycles. The Morgan fingerprint density at radius 3 is 2.79 bits per heavy atom. The number of methoxy groups -OCH3 is 1. The van der Waals surface area contributed by atoms with Gasteiger partial charge in [0.15, 0.2) is 0 Å². The zero-order valence-electron chi connectivity index (χ0n) is 11.8. The van der Waals surface area contributed by atoms with Crippen LogP contribution in [0, 0.1) is 0 Å². The molecule has 0 aromatic rings. The van der Waals surface area contributed by atoms with Crippen molar-refractivity contribution in [3.63, 3.8) is 0 Å².